The van der Waals surface area contributed by atoms with Crippen LogP contribution in [0.3, 0.4) is 0 Å². The van der Waals surface area contributed by atoms with Crippen LogP contribution in [0.25, 0.3) is 0 Å². The maximum atomic E-state index is 9.27. The second-order valence-corrected chi connectivity index (χ2v) is 5.01. The fraction of sp³-hybridized carbons (Fsp3) is 0.500. The molecule has 0 aromatic carbocycles. The zero-order chi connectivity index (χ0) is 12.1. The van der Waals surface area contributed by atoms with E-state index in [1.807, 2.05) is 10.7 Å². The van der Waals surface area contributed by atoms with Crippen molar-refractivity contribution in [3.63, 3.8) is 0 Å². The van der Waals surface area contributed by atoms with E-state index in [-0.39, 0.29) is 6.61 Å². The van der Waals surface area contributed by atoms with Crippen molar-refractivity contribution in [2.45, 2.75) is 39.3 Å². The van der Waals surface area contributed by atoms with Crippen LogP contribution in [-0.2, 0) is 19.6 Å². The molecular formula is C12H17N3OS. The standard InChI is InChI=1S/C12H17N3OS/c1-2-3-6-15-12(11(9-16)13-14-15)8-10-5-4-7-17-10/h4-5,7,16H,2-3,6,8-9H2,1H3. The van der Waals surface area contributed by atoms with Gasteiger partial charge >= 0.3 is 0 Å². The molecule has 0 unspecified atom stereocenters. The number of aliphatic hydroxyl groups excluding tert-OH is 1. The molecule has 4 nitrogen and oxygen atoms in total. The third-order valence-corrected chi connectivity index (χ3v) is 3.59. The van der Waals surface area contributed by atoms with Crippen molar-refractivity contribution < 1.29 is 5.11 Å². The maximum absolute atomic E-state index is 9.27. The van der Waals surface area contributed by atoms with E-state index in [1.54, 1.807) is 11.3 Å². The molecular weight excluding hydrogens is 234 g/mol. The summed E-state index contributed by atoms with van der Waals surface area (Å²) >= 11 is 1.72. The predicted octanol–water partition coefficient (Wildman–Crippen LogP) is 2.22. The molecule has 0 amide bonds. The van der Waals surface area contributed by atoms with E-state index in [0.29, 0.717) is 5.69 Å². The normalized spacial score (nSPS) is 10.9. The molecule has 0 aliphatic heterocycles. The van der Waals surface area contributed by atoms with E-state index in [0.717, 1.165) is 31.5 Å². The topological polar surface area (TPSA) is 50.9 Å². The van der Waals surface area contributed by atoms with Crippen LogP contribution in [0.4, 0.5) is 0 Å². The Labute approximate surface area is 105 Å². The van der Waals surface area contributed by atoms with Crippen molar-refractivity contribution in [3.05, 3.63) is 33.8 Å². The fourth-order valence-electron chi connectivity index (χ4n) is 1.75. The lowest BCUT2D eigenvalue weighted by molar-refractivity contribution is 0.275. The molecule has 17 heavy (non-hydrogen) atoms. The van der Waals surface area contributed by atoms with Crippen molar-refractivity contribution in [2.24, 2.45) is 0 Å². The van der Waals surface area contributed by atoms with Crippen molar-refractivity contribution in [1.29, 1.82) is 0 Å². The Balaban J connectivity index is 2.19. The van der Waals surface area contributed by atoms with Gasteiger partial charge in [0.15, 0.2) is 0 Å². The molecule has 92 valence electrons. The molecule has 0 saturated heterocycles. The first-order valence-corrected chi connectivity index (χ1v) is 6.77. The van der Waals surface area contributed by atoms with E-state index < -0.39 is 0 Å². The molecule has 1 N–H and O–H groups in total. The van der Waals surface area contributed by atoms with Gasteiger partial charge in [-0.25, -0.2) is 4.68 Å². The van der Waals surface area contributed by atoms with E-state index in [4.69, 9.17) is 0 Å². The van der Waals surface area contributed by atoms with Gasteiger partial charge in [0.2, 0.25) is 0 Å². The summed E-state index contributed by atoms with van der Waals surface area (Å²) in [4.78, 5) is 1.28. The van der Waals surface area contributed by atoms with E-state index in [1.165, 1.54) is 4.88 Å². The molecule has 0 radical (unpaired) electrons. The van der Waals surface area contributed by atoms with Crippen LogP contribution in [0.5, 0.6) is 0 Å². The number of aromatic nitrogens is 3. The summed E-state index contributed by atoms with van der Waals surface area (Å²) < 4.78 is 1.93. The SMILES string of the molecule is CCCCn1nnc(CO)c1Cc1cccs1. The molecule has 0 spiro atoms. The average molecular weight is 251 g/mol. The number of hydrogen-bond donors (Lipinski definition) is 1. The first-order valence-electron chi connectivity index (χ1n) is 5.89. The summed E-state index contributed by atoms with van der Waals surface area (Å²) in [5.74, 6) is 0. The minimum atomic E-state index is -0.0349. The Morgan fingerprint density at radius 1 is 1.47 bits per heavy atom. The summed E-state index contributed by atoms with van der Waals surface area (Å²) in [6.45, 7) is 3.00. The summed E-state index contributed by atoms with van der Waals surface area (Å²) in [5, 5.41) is 19.5. The van der Waals surface area contributed by atoms with Gasteiger partial charge in [-0.05, 0) is 17.9 Å². The van der Waals surface area contributed by atoms with Gasteiger partial charge in [-0.2, -0.15) is 0 Å². The van der Waals surface area contributed by atoms with E-state index >= 15 is 0 Å². The molecule has 2 aromatic rings. The van der Waals surface area contributed by atoms with E-state index in [9.17, 15) is 5.11 Å². The second-order valence-electron chi connectivity index (χ2n) is 3.97. The molecule has 2 rings (SSSR count). The summed E-state index contributed by atoms with van der Waals surface area (Å²) in [5.41, 5.74) is 1.75. The molecule has 0 atom stereocenters. The Bertz CT molecular complexity index is 450. The highest BCUT2D eigenvalue weighted by Crippen LogP contribution is 2.17. The van der Waals surface area contributed by atoms with Crippen LogP contribution < -0.4 is 0 Å². The van der Waals surface area contributed by atoms with Crippen LogP contribution in [0.1, 0.15) is 36.0 Å². The highest BCUT2D eigenvalue weighted by molar-refractivity contribution is 7.09. The third kappa shape index (κ3) is 2.92. The number of unbranched alkanes of at least 4 members (excludes halogenated alkanes) is 1. The Morgan fingerprint density at radius 3 is 3.00 bits per heavy atom. The van der Waals surface area contributed by atoms with Crippen LogP contribution in [-0.4, -0.2) is 20.1 Å². The van der Waals surface area contributed by atoms with Crippen molar-refractivity contribution in [1.82, 2.24) is 15.0 Å². The quantitative estimate of drug-likeness (QED) is 0.856. The van der Waals surface area contributed by atoms with Gasteiger partial charge in [-0.1, -0.05) is 24.6 Å². The number of hydrogen-bond acceptors (Lipinski definition) is 4. The molecule has 2 heterocycles. The molecule has 0 saturated carbocycles. The summed E-state index contributed by atoms with van der Waals surface area (Å²) in [7, 11) is 0. The highest BCUT2D eigenvalue weighted by atomic mass is 32.1. The lowest BCUT2D eigenvalue weighted by Gasteiger charge is -2.05. The molecule has 0 bridgehead atoms. The van der Waals surface area contributed by atoms with Crippen molar-refractivity contribution in [3.8, 4) is 0 Å². The van der Waals surface area contributed by atoms with Crippen LogP contribution in [0, 0.1) is 0 Å². The molecule has 0 aliphatic carbocycles. The number of aryl methyl sites for hydroxylation is 1. The Morgan fingerprint density at radius 2 is 2.35 bits per heavy atom. The zero-order valence-corrected chi connectivity index (χ0v) is 10.8. The van der Waals surface area contributed by atoms with Gasteiger partial charge in [-0.3, -0.25) is 0 Å². The van der Waals surface area contributed by atoms with Gasteiger partial charge in [0.05, 0.1) is 12.3 Å². The molecule has 2 aromatic heterocycles. The number of nitrogens with zero attached hydrogens (tertiary/aromatic N) is 3. The average Bonchev–Trinajstić information content (AvgIpc) is 2.97. The van der Waals surface area contributed by atoms with Gasteiger partial charge in [0.1, 0.15) is 5.69 Å². The second kappa shape index (κ2) is 5.93. The van der Waals surface area contributed by atoms with Crippen LogP contribution in [0.2, 0.25) is 0 Å². The fourth-order valence-corrected chi connectivity index (χ4v) is 2.46. The van der Waals surface area contributed by atoms with Gasteiger partial charge < -0.3 is 5.11 Å². The Hall–Kier alpha value is -1.20. The van der Waals surface area contributed by atoms with Gasteiger partial charge in [0, 0.05) is 17.8 Å². The molecule has 5 heteroatoms. The zero-order valence-electron chi connectivity index (χ0n) is 9.96. The van der Waals surface area contributed by atoms with Crippen molar-refractivity contribution >= 4 is 11.3 Å². The van der Waals surface area contributed by atoms with E-state index in [2.05, 4.69) is 28.7 Å². The van der Waals surface area contributed by atoms with Crippen molar-refractivity contribution in [2.75, 3.05) is 0 Å². The first kappa shape index (κ1) is 12.3. The number of aliphatic hydroxyl groups is 1. The monoisotopic (exact) mass is 251 g/mol. The molecule has 0 fully saturated rings. The smallest absolute Gasteiger partial charge is 0.112 e. The molecule has 0 aliphatic rings. The Kier molecular flexibility index (Phi) is 4.28. The lowest BCUT2D eigenvalue weighted by Crippen LogP contribution is -2.06. The van der Waals surface area contributed by atoms with Gasteiger partial charge in [-0.15, -0.1) is 16.4 Å². The lowest BCUT2D eigenvalue weighted by atomic mass is 10.2. The number of thiophene rings is 1. The van der Waals surface area contributed by atoms with Gasteiger partial charge in [0.25, 0.3) is 0 Å². The number of rotatable bonds is 6. The van der Waals surface area contributed by atoms with Crippen LogP contribution in [0.15, 0.2) is 17.5 Å². The highest BCUT2D eigenvalue weighted by Gasteiger charge is 2.12. The summed E-state index contributed by atoms with van der Waals surface area (Å²) in [6.07, 6.45) is 3.03. The third-order valence-electron chi connectivity index (χ3n) is 2.71. The maximum Gasteiger partial charge on any atom is 0.112 e. The minimum absolute atomic E-state index is 0.0349. The largest absolute Gasteiger partial charge is 0.390 e. The predicted molar refractivity (Wildman–Crippen MR) is 68.0 cm³/mol. The summed E-state index contributed by atoms with van der Waals surface area (Å²) in [6, 6.07) is 4.14. The minimum Gasteiger partial charge on any atom is -0.390 e. The van der Waals surface area contributed by atoms with Crippen LogP contribution >= 0.6 is 11.3 Å². The first-order chi connectivity index (χ1) is 8.35.